The minimum absolute atomic E-state index is 0.0325. The monoisotopic (exact) mass is 314 g/mol. The first-order valence-corrected chi connectivity index (χ1v) is 8.36. The minimum Gasteiger partial charge on any atom is -0.353 e. The Bertz CT molecular complexity index is 356. The summed E-state index contributed by atoms with van der Waals surface area (Å²) >= 11 is 0. The van der Waals surface area contributed by atoms with Crippen LogP contribution in [-0.4, -0.2) is 49.6 Å². The molecule has 5 unspecified atom stereocenters. The molecule has 1 amide bonds. The van der Waals surface area contributed by atoms with Crippen LogP contribution in [0.25, 0.3) is 0 Å². The molecule has 5 atom stereocenters. The highest BCUT2D eigenvalue weighted by Crippen LogP contribution is 2.27. The maximum atomic E-state index is 11.8. The Balaban J connectivity index is 1.76. The Morgan fingerprint density at radius 1 is 1.23 bits per heavy atom. The molecule has 0 aromatic heterocycles. The molecule has 1 saturated carbocycles. The van der Waals surface area contributed by atoms with E-state index in [1.165, 1.54) is 0 Å². The van der Waals surface area contributed by atoms with Crippen molar-refractivity contribution in [3.63, 3.8) is 0 Å². The number of hydrogen-bond acceptors (Lipinski definition) is 6. The van der Waals surface area contributed by atoms with Crippen molar-refractivity contribution in [3.8, 4) is 0 Å². The number of carbonyl (C=O) groups excluding carboxylic acids is 1. The van der Waals surface area contributed by atoms with E-state index in [-0.39, 0.29) is 36.5 Å². The van der Waals surface area contributed by atoms with E-state index >= 15 is 0 Å². The molecule has 2 fully saturated rings. The summed E-state index contributed by atoms with van der Waals surface area (Å²) in [5.74, 6) is 0.0450. The van der Waals surface area contributed by atoms with Crippen LogP contribution in [0.3, 0.4) is 0 Å². The first kappa shape index (κ1) is 17.6. The molecule has 0 aromatic rings. The summed E-state index contributed by atoms with van der Waals surface area (Å²) in [5.41, 5.74) is 17.1. The van der Waals surface area contributed by atoms with Crippen molar-refractivity contribution in [2.24, 2.45) is 17.2 Å². The number of carbonyl (C=O) groups is 1. The molecule has 0 aromatic carbocycles. The molecule has 22 heavy (non-hydrogen) atoms. The van der Waals surface area contributed by atoms with E-state index in [2.05, 4.69) is 5.32 Å². The van der Waals surface area contributed by atoms with Gasteiger partial charge in [0.25, 0.3) is 0 Å². The second-order valence-electron chi connectivity index (χ2n) is 6.38. The topological polar surface area (TPSA) is 126 Å². The Kier molecular flexibility index (Phi) is 7.04. The van der Waals surface area contributed by atoms with Crippen molar-refractivity contribution in [3.05, 3.63) is 0 Å². The number of rotatable bonds is 7. The predicted octanol–water partition coefficient (Wildman–Crippen LogP) is -0.430. The molecular formula is C15H30N4O3. The van der Waals surface area contributed by atoms with E-state index in [4.69, 9.17) is 26.7 Å². The van der Waals surface area contributed by atoms with Gasteiger partial charge in [-0.15, -0.1) is 0 Å². The highest BCUT2D eigenvalue weighted by molar-refractivity contribution is 5.76. The number of hydrogen-bond donors (Lipinski definition) is 4. The Morgan fingerprint density at radius 2 is 2.05 bits per heavy atom. The summed E-state index contributed by atoms with van der Waals surface area (Å²) in [6.45, 7) is 1.06. The molecule has 7 heteroatoms. The summed E-state index contributed by atoms with van der Waals surface area (Å²) in [5, 5.41) is 3.04. The van der Waals surface area contributed by atoms with Gasteiger partial charge < -0.3 is 32.0 Å². The zero-order chi connectivity index (χ0) is 15.9. The van der Waals surface area contributed by atoms with Gasteiger partial charge in [0, 0.05) is 31.5 Å². The van der Waals surface area contributed by atoms with E-state index in [0.717, 1.165) is 32.1 Å². The zero-order valence-corrected chi connectivity index (χ0v) is 13.2. The molecule has 0 bridgehead atoms. The lowest BCUT2D eigenvalue weighted by molar-refractivity contribution is -0.169. The SMILES string of the molecule is NCCCC(=O)NC1CC(N)CC(OC2CCC(CN)O2)C1. The molecule has 1 aliphatic heterocycles. The highest BCUT2D eigenvalue weighted by atomic mass is 16.7. The molecule has 1 saturated heterocycles. The standard InChI is InChI=1S/C15H30N4O3/c16-5-1-2-14(20)19-11-6-10(18)7-13(8-11)22-15-4-3-12(9-17)21-15/h10-13,15H,1-9,16-18H2,(H,19,20). The number of amides is 1. The largest absolute Gasteiger partial charge is 0.353 e. The average Bonchev–Trinajstić information content (AvgIpc) is 2.92. The van der Waals surface area contributed by atoms with E-state index in [1.807, 2.05) is 0 Å². The van der Waals surface area contributed by atoms with Gasteiger partial charge in [0.15, 0.2) is 6.29 Å². The van der Waals surface area contributed by atoms with Crippen molar-refractivity contribution in [2.45, 2.75) is 75.5 Å². The van der Waals surface area contributed by atoms with Crippen LogP contribution < -0.4 is 22.5 Å². The van der Waals surface area contributed by atoms with Crippen LogP contribution in [0, 0.1) is 0 Å². The van der Waals surface area contributed by atoms with Crippen molar-refractivity contribution in [2.75, 3.05) is 13.1 Å². The van der Waals surface area contributed by atoms with Gasteiger partial charge in [-0.3, -0.25) is 4.79 Å². The average molecular weight is 314 g/mol. The summed E-state index contributed by atoms with van der Waals surface area (Å²) in [6.07, 6.45) is 5.35. The number of nitrogens with one attached hydrogen (secondary N) is 1. The second kappa shape index (κ2) is 8.79. The quantitative estimate of drug-likeness (QED) is 0.505. The van der Waals surface area contributed by atoms with Gasteiger partial charge in [-0.2, -0.15) is 0 Å². The lowest BCUT2D eigenvalue weighted by Gasteiger charge is -2.34. The van der Waals surface area contributed by atoms with Gasteiger partial charge >= 0.3 is 0 Å². The van der Waals surface area contributed by atoms with Gasteiger partial charge in [-0.25, -0.2) is 0 Å². The summed E-state index contributed by atoms with van der Waals surface area (Å²) in [7, 11) is 0. The third kappa shape index (κ3) is 5.48. The molecule has 1 heterocycles. The van der Waals surface area contributed by atoms with Gasteiger partial charge in [-0.05, 0) is 38.6 Å². The summed E-state index contributed by atoms with van der Waals surface area (Å²) in [4.78, 5) is 11.8. The van der Waals surface area contributed by atoms with Crippen LogP contribution in [0.15, 0.2) is 0 Å². The highest BCUT2D eigenvalue weighted by Gasteiger charge is 2.33. The molecule has 2 aliphatic rings. The Labute approximate surface area is 132 Å². The normalized spacial score (nSPS) is 35.5. The van der Waals surface area contributed by atoms with Crippen LogP contribution in [0.4, 0.5) is 0 Å². The van der Waals surface area contributed by atoms with Gasteiger partial charge in [0.2, 0.25) is 5.91 Å². The maximum Gasteiger partial charge on any atom is 0.220 e. The first-order chi connectivity index (χ1) is 10.6. The number of ether oxygens (including phenoxy) is 2. The lowest BCUT2D eigenvalue weighted by atomic mass is 9.89. The van der Waals surface area contributed by atoms with Crippen molar-refractivity contribution >= 4 is 5.91 Å². The second-order valence-corrected chi connectivity index (χ2v) is 6.38. The third-order valence-corrected chi connectivity index (χ3v) is 4.35. The predicted molar refractivity (Wildman–Crippen MR) is 83.9 cm³/mol. The van der Waals surface area contributed by atoms with Gasteiger partial charge in [0.1, 0.15) is 0 Å². The van der Waals surface area contributed by atoms with Crippen LogP contribution in [-0.2, 0) is 14.3 Å². The van der Waals surface area contributed by atoms with Crippen molar-refractivity contribution in [1.82, 2.24) is 5.32 Å². The molecule has 7 nitrogen and oxygen atoms in total. The van der Waals surface area contributed by atoms with Crippen LogP contribution >= 0.6 is 0 Å². The first-order valence-electron chi connectivity index (χ1n) is 8.36. The Hall–Kier alpha value is -0.730. The molecule has 128 valence electrons. The van der Waals surface area contributed by atoms with E-state index < -0.39 is 0 Å². The molecule has 0 radical (unpaired) electrons. The fourth-order valence-corrected chi connectivity index (χ4v) is 3.26. The zero-order valence-electron chi connectivity index (χ0n) is 13.2. The molecule has 7 N–H and O–H groups in total. The number of nitrogens with two attached hydrogens (primary N) is 3. The van der Waals surface area contributed by atoms with Gasteiger partial charge in [-0.1, -0.05) is 0 Å². The molecular weight excluding hydrogens is 284 g/mol. The molecule has 2 rings (SSSR count). The van der Waals surface area contributed by atoms with E-state index in [9.17, 15) is 4.79 Å². The van der Waals surface area contributed by atoms with Crippen LogP contribution in [0.1, 0.15) is 44.9 Å². The molecule has 1 aliphatic carbocycles. The Morgan fingerprint density at radius 3 is 2.73 bits per heavy atom. The lowest BCUT2D eigenvalue weighted by Crippen LogP contribution is -2.48. The van der Waals surface area contributed by atoms with Crippen LogP contribution in [0.2, 0.25) is 0 Å². The van der Waals surface area contributed by atoms with Crippen LogP contribution in [0.5, 0.6) is 0 Å². The maximum absolute atomic E-state index is 11.8. The third-order valence-electron chi connectivity index (χ3n) is 4.35. The van der Waals surface area contributed by atoms with E-state index in [0.29, 0.717) is 25.9 Å². The van der Waals surface area contributed by atoms with Crippen molar-refractivity contribution in [1.29, 1.82) is 0 Å². The molecule has 0 spiro atoms. The van der Waals surface area contributed by atoms with Gasteiger partial charge in [0.05, 0.1) is 12.2 Å². The summed E-state index contributed by atoms with van der Waals surface area (Å²) in [6, 6.07) is 0.121. The minimum atomic E-state index is -0.183. The van der Waals surface area contributed by atoms with Crippen molar-refractivity contribution < 1.29 is 14.3 Å². The fourth-order valence-electron chi connectivity index (χ4n) is 3.26. The fraction of sp³-hybridized carbons (Fsp3) is 0.933. The summed E-state index contributed by atoms with van der Waals surface area (Å²) < 4.78 is 11.7. The smallest absolute Gasteiger partial charge is 0.220 e. The van der Waals surface area contributed by atoms with E-state index in [1.54, 1.807) is 0 Å².